The molecule has 0 spiro atoms. The summed E-state index contributed by atoms with van der Waals surface area (Å²) in [5.41, 5.74) is 1.52. The number of carbonyl (C=O) groups excluding carboxylic acids is 1. The number of rotatable bonds is 8. The third kappa shape index (κ3) is 5.47. The average Bonchev–Trinajstić information content (AvgIpc) is 3.47. The van der Waals surface area contributed by atoms with E-state index < -0.39 is 0 Å². The van der Waals surface area contributed by atoms with Crippen molar-refractivity contribution >= 4 is 40.2 Å². The molecule has 1 aromatic carbocycles. The van der Waals surface area contributed by atoms with Gasteiger partial charge in [-0.2, -0.15) is 0 Å². The second-order valence-electron chi connectivity index (χ2n) is 6.45. The summed E-state index contributed by atoms with van der Waals surface area (Å²) in [4.78, 5) is 21.1. The zero-order valence-electron chi connectivity index (χ0n) is 16.1. The van der Waals surface area contributed by atoms with Crippen LogP contribution in [0.4, 0.5) is 0 Å². The molecular weight excluding hydrogens is 442 g/mol. The molecule has 3 aromatic heterocycles. The monoisotopic (exact) mass is 459 g/mol. The molecule has 3 heterocycles. The van der Waals surface area contributed by atoms with E-state index in [9.17, 15) is 4.79 Å². The van der Waals surface area contributed by atoms with Crippen LogP contribution in [0.15, 0.2) is 51.6 Å². The maximum absolute atomic E-state index is 12.2. The number of amides is 1. The van der Waals surface area contributed by atoms with Crippen LogP contribution in [-0.2, 0) is 24.4 Å². The van der Waals surface area contributed by atoms with E-state index in [0.717, 1.165) is 21.5 Å². The van der Waals surface area contributed by atoms with Gasteiger partial charge >= 0.3 is 0 Å². The molecule has 154 valence electrons. The standard InChI is InChI=1S/C21H18ClN3O3S2/c1-13-24-18(12-29-13)19-7-6-17(28-19)9-23-20(26)8-15-11-30-21(25-15)10-27-16-4-2-14(22)3-5-16/h2-7,11-12H,8-10H2,1H3,(H,23,26). The third-order valence-electron chi connectivity index (χ3n) is 4.11. The lowest BCUT2D eigenvalue weighted by atomic mass is 10.3. The van der Waals surface area contributed by atoms with Crippen molar-refractivity contribution in [2.75, 3.05) is 0 Å². The maximum atomic E-state index is 12.2. The number of halogens is 1. The van der Waals surface area contributed by atoms with Crippen LogP contribution in [0.25, 0.3) is 11.5 Å². The fraction of sp³-hybridized carbons (Fsp3) is 0.190. The second kappa shape index (κ2) is 9.42. The van der Waals surface area contributed by atoms with Gasteiger partial charge < -0.3 is 14.5 Å². The number of nitrogens with one attached hydrogen (secondary N) is 1. The van der Waals surface area contributed by atoms with Crippen LogP contribution >= 0.6 is 34.3 Å². The van der Waals surface area contributed by atoms with Gasteiger partial charge in [-0.1, -0.05) is 11.6 Å². The third-order valence-corrected chi connectivity index (χ3v) is 6.01. The highest BCUT2D eigenvalue weighted by Gasteiger charge is 2.11. The highest BCUT2D eigenvalue weighted by Crippen LogP contribution is 2.24. The zero-order chi connectivity index (χ0) is 20.9. The molecule has 6 nitrogen and oxygen atoms in total. The van der Waals surface area contributed by atoms with Crippen LogP contribution in [0.5, 0.6) is 5.75 Å². The Labute approximate surface area is 186 Å². The Balaban J connectivity index is 1.24. The van der Waals surface area contributed by atoms with Crippen LogP contribution in [0.1, 0.15) is 21.5 Å². The van der Waals surface area contributed by atoms with Gasteiger partial charge in [0, 0.05) is 15.8 Å². The van der Waals surface area contributed by atoms with E-state index in [1.54, 1.807) is 35.6 Å². The van der Waals surface area contributed by atoms with Gasteiger partial charge in [-0.25, -0.2) is 9.97 Å². The topological polar surface area (TPSA) is 77.2 Å². The number of thiazole rings is 2. The lowest BCUT2D eigenvalue weighted by Crippen LogP contribution is -2.24. The summed E-state index contributed by atoms with van der Waals surface area (Å²) in [5, 5.41) is 9.13. The lowest BCUT2D eigenvalue weighted by molar-refractivity contribution is -0.120. The number of carbonyl (C=O) groups is 1. The molecule has 4 rings (SSSR count). The fourth-order valence-corrected chi connectivity index (χ4v) is 4.11. The van der Waals surface area contributed by atoms with Gasteiger partial charge in [0.05, 0.1) is 23.7 Å². The van der Waals surface area contributed by atoms with E-state index in [-0.39, 0.29) is 12.3 Å². The molecule has 1 N–H and O–H groups in total. The summed E-state index contributed by atoms with van der Waals surface area (Å²) >= 11 is 8.90. The average molecular weight is 460 g/mol. The number of hydrogen-bond acceptors (Lipinski definition) is 7. The number of aromatic nitrogens is 2. The minimum Gasteiger partial charge on any atom is -0.486 e. The van der Waals surface area contributed by atoms with Gasteiger partial charge in [-0.15, -0.1) is 22.7 Å². The van der Waals surface area contributed by atoms with Crippen LogP contribution in [-0.4, -0.2) is 15.9 Å². The molecule has 0 bridgehead atoms. The molecular formula is C21H18ClN3O3S2. The van der Waals surface area contributed by atoms with E-state index in [4.69, 9.17) is 20.8 Å². The number of nitrogens with zero attached hydrogens (tertiary/aromatic N) is 2. The molecule has 0 unspecified atom stereocenters. The predicted octanol–water partition coefficient (Wildman–Crippen LogP) is 5.26. The number of furan rings is 1. The van der Waals surface area contributed by atoms with Crippen molar-refractivity contribution in [3.8, 4) is 17.2 Å². The van der Waals surface area contributed by atoms with Crippen molar-refractivity contribution in [3.05, 3.63) is 73.7 Å². The smallest absolute Gasteiger partial charge is 0.226 e. The maximum Gasteiger partial charge on any atom is 0.226 e. The SMILES string of the molecule is Cc1nc(-c2ccc(CNC(=O)Cc3csc(COc4ccc(Cl)cc4)n3)o2)cs1. The zero-order valence-corrected chi connectivity index (χ0v) is 18.4. The Kier molecular flexibility index (Phi) is 6.47. The molecule has 4 aromatic rings. The van der Waals surface area contributed by atoms with Gasteiger partial charge in [0.1, 0.15) is 28.8 Å². The predicted molar refractivity (Wildman–Crippen MR) is 118 cm³/mol. The molecule has 30 heavy (non-hydrogen) atoms. The van der Waals surface area contributed by atoms with Crippen LogP contribution in [0, 0.1) is 6.92 Å². The minimum atomic E-state index is -0.118. The lowest BCUT2D eigenvalue weighted by Gasteiger charge is -2.03. The first-order chi connectivity index (χ1) is 14.5. The largest absolute Gasteiger partial charge is 0.486 e. The van der Waals surface area contributed by atoms with E-state index in [0.29, 0.717) is 35.4 Å². The Morgan fingerprint density at radius 2 is 1.97 bits per heavy atom. The van der Waals surface area contributed by atoms with Crippen molar-refractivity contribution in [3.63, 3.8) is 0 Å². The quantitative estimate of drug-likeness (QED) is 0.389. The first-order valence-corrected chi connectivity index (χ1v) is 11.3. The Morgan fingerprint density at radius 3 is 2.73 bits per heavy atom. The molecule has 0 aliphatic carbocycles. The molecule has 0 radical (unpaired) electrons. The highest BCUT2D eigenvalue weighted by molar-refractivity contribution is 7.10. The molecule has 0 fully saturated rings. The Bertz CT molecular complexity index is 1130. The summed E-state index contributed by atoms with van der Waals surface area (Å²) in [7, 11) is 0. The first kappa shape index (κ1) is 20.6. The van der Waals surface area contributed by atoms with E-state index in [2.05, 4.69) is 15.3 Å². The molecule has 0 saturated heterocycles. The van der Waals surface area contributed by atoms with Gasteiger partial charge in [0.25, 0.3) is 0 Å². The molecule has 0 atom stereocenters. The van der Waals surface area contributed by atoms with Gasteiger partial charge in [-0.05, 0) is 43.3 Å². The fourth-order valence-electron chi connectivity index (χ4n) is 2.67. The summed E-state index contributed by atoms with van der Waals surface area (Å²) in [6, 6.07) is 10.9. The van der Waals surface area contributed by atoms with E-state index >= 15 is 0 Å². The number of aryl methyl sites for hydroxylation is 1. The van der Waals surface area contributed by atoms with Gasteiger partial charge in [0.2, 0.25) is 5.91 Å². The summed E-state index contributed by atoms with van der Waals surface area (Å²) in [6.45, 7) is 2.61. The van der Waals surface area contributed by atoms with E-state index in [1.807, 2.05) is 29.8 Å². The summed E-state index contributed by atoms with van der Waals surface area (Å²) in [5.74, 6) is 1.99. The van der Waals surface area contributed by atoms with Crippen LogP contribution in [0.3, 0.4) is 0 Å². The van der Waals surface area contributed by atoms with Crippen molar-refractivity contribution in [1.82, 2.24) is 15.3 Å². The summed E-state index contributed by atoms with van der Waals surface area (Å²) in [6.07, 6.45) is 0.205. The van der Waals surface area contributed by atoms with Crippen LogP contribution < -0.4 is 10.1 Å². The molecule has 0 aliphatic heterocycles. The molecule has 9 heteroatoms. The van der Waals surface area contributed by atoms with Gasteiger partial charge in [0.15, 0.2) is 5.76 Å². The Hall–Kier alpha value is -2.68. The van der Waals surface area contributed by atoms with Gasteiger partial charge in [-0.3, -0.25) is 4.79 Å². The second-order valence-corrected chi connectivity index (χ2v) is 8.89. The highest BCUT2D eigenvalue weighted by atomic mass is 35.5. The molecule has 1 amide bonds. The first-order valence-electron chi connectivity index (χ1n) is 9.15. The Morgan fingerprint density at radius 1 is 1.13 bits per heavy atom. The van der Waals surface area contributed by atoms with Crippen molar-refractivity contribution in [1.29, 1.82) is 0 Å². The summed E-state index contributed by atoms with van der Waals surface area (Å²) < 4.78 is 11.4. The van der Waals surface area contributed by atoms with E-state index in [1.165, 1.54) is 11.3 Å². The number of benzene rings is 1. The van der Waals surface area contributed by atoms with Crippen molar-refractivity contribution < 1.29 is 13.9 Å². The molecule has 0 aliphatic rings. The normalized spacial score (nSPS) is 10.9. The van der Waals surface area contributed by atoms with Crippen molar-refractivity contribution in [2.45, 2.75) is 26.5 Å². The van der Waals surface area contributed by atoms with Crippen molar-refractivity contribution in [2.24, 2.45) is 0 Å². The number of hydrogen-bond donors (Lipinski definition) is 1. The molecule has 0 saturated carbocycles. The minimum absolute atomic E-state index is 0.118. The number of ether oxygens (including phenoxy) is 1. The van der Waals surface area contributed by atoms with Crippen LogP contribution in [0.2, 0.25) is 5.02 Å².